The molecule has 0 aliphatic rings. The fourth-order valence-corrected chi connectivity index (χ4v) is 1.40. The highest BCUT2D eigenvalue weighted by Gasteiger charge is 1.91. The molecule has 1 rings (SSSR count). The van der Waals surface area contributed by atoms with Gasteiger partial charge in [-0.2, -0.15) is 0 Å². The van der Waals surface area contributed by atoms with Crippen molar-refractivity contribution in [3.05, 3.63) is 59.7 Å². The van der Waals surface area contributed by atoms with Crippen molar-refractivity contribution >= 4 is 5.97 Å². The zero-order valence-electron chi connectivity index (χ0n) is 10.5. The zero-order valence-corrected chi connectivity index (χ0v) is 10.5. The number of carbonyl (C=O) groups is 1. The number of benzene rings is 1. The van der Waals surface area contributed by atoms with E-state index in [0.717, 1.165) is 23.6 Å². The van der Waals surface area contributed by atoms with Crippen molar-refractivity contribution in [1.29, 1.82) is 0 Å². The summed E-state index contributed by atoms with van der Waals surface area (Å²) in [6, 6.07) is 10.00. The average Bonchev–Trinajstić information content (AvgIpc) is 2.37. The normalized spacial score (nSPS) is 11.9. The van der Waals surface area contributed by atoms with Crippen molar-refractivity contribution in [3.8, 4) is 0 Å². The Kier molecular flexibility index (Phi) is 6.51. The average molecular weight is 246 g/mol. The molecule has 1 aromatic rings. The molecule has 1 aromatic carbocycles. The smallest absolute Gasteiger partial charge is 0.328 e. The minimum atomic E-state index is -0.928. The molecule has 0 aromatic heterocycles. The van der Waals surface area contributed by atoms with Crippen LogP contribution in [0.4, 0.5) is 0 Å². The highest BCUT2D eigenvalue weighted by Crippen LogP contribution is 2.02. The fraction of sp³-hybridized carbons (Fsp3) is 0.267. The molecule has 96 valence electrons. The number of aliphatic carboxylic acids is 1. The maximum absolute atomic E-state index is 10.3. The van der Waals surface area contributed by atoms with Gasteiger partial charge in [0.15, 0.2) is 0 Å². The van der Waals surface area contributed by atoms with E-state index in [9.17, 15) is 4.79 Å². The summed E-state index contributed by atoms with van der Waals surface area (Å²) in [4.78, 5) is 10.3. The Morgan fingerprint density at radius 3 is 2.67 bits per heavy atom. The summed E-state index contributed by atoms with van der Waals surface area (Å²) >= 11 is 0. The molecule has 0 fully saturated rings. The van der Waals surface area contributed by atoms with E-state index in [1.165, 1.54) is 0 Å². The van der Waals surface area contributed by atoms with Crippen molar-refractivity contribution in [1.82, 2.24) is 0 Å². The van der Waals surface area contributed by atoms with Gasteiger partial charge in [0.2, 0.25) is 0 Å². The van der Waals surface area contributed by atoms with Crippen LogP contribution in [0.25, 0.3) is 0 Å². The molecule has 0 saturated heterocycles. The van der Waals surface area contributed by atoms with Gasteiger partial charge in [-0.1, -0.05) is 48.1 Å². The van der Waals surface area contributed by atoms with E-state index in [-0.39, 0.29) is 0 Å². The molecule has 3 heteroatoms. The van der Waals surface area contributed by atoms with E-state index in [2.05, 4.69) is 0 Å². The maximum Gasteiger partial charge on any atom is 0.328 e. The Hall–Kier alpha value is -1.87. The van der Waals surface area contributed by atoms with Gasteiger partial charge >= 0.3 is 5.97 Å². The number of ether oxygens (including phenoxy) is 1. The van der Waals surface area contributed by atoms with E-state index in [1.54, 1.807) is 6.08 Å². The summed E-state index contributed by atoms with van der Waals surface area (Å²) in [5.41, 5.74) is 2.09. The van der Waals surface area contributed by atoms with Gasteiger partial charge in [-0.25, -0.2) is 4.79 Å². The molecule has 0 aliphatic carbocycles. The number of hydrogen-bond donors (Lipinski definition) is 1. The van der Waals surface area contributed by atoms with Gasteiger partial charge in [-0.15, -0.1) is 0 Å². The van der Waals surface area contributed by atoms with Gasteiger partial charge in [0.25, 0.3) is 0 Å². The second-order valence-electron chi connectivity index (χ2n) is 3.95. The minimum absolute atomic E-state index is 0.610. The molecule has 1 N–H and O–H groups in total. The van der Waals surface area contributed by atoms with Crippen molar-refractivity contribution in [2.75, 3.05) is 6.61 Å². The van der Waals surface area contributed by atoms with Gasteiger partial charge < -0.3 is 9.84 Å². The Morgan fingerprint density at radius 2 is 2.00 bits per heavy atom. The molecule has 0 heterocycles. The van der Waals surface area contributed by atoms with E-state index < -0.39 is 5.97 Å². The van der Waals surface area contributed by atoms with E-state index in [4.69, 9.17) is 9.84 Å². The van der Waals surface area contributed by atoms with Crippen molar-refractivity contribution in [3.63, 3.8) is 0 Å². The fourth-order valence-electron chi connectivity index (χ4n) is 1.40. The van der Waals surface area contributed by atoms with Crippen LogP contribution in [-0.2, 0) is 16.1 Å². The molecule has 0 aliphatic heterocycles. The first-order chi connectivity index (χ1) is 8.68. The van der Waals surface area contributed by atoms with Crippen molar-refractivity contribution in [2.45, 2.75) is 20.0 Å². The van der Waals surface area contributed by atoms with Crippen LogP contribution in [0.5, 0.6) is 0 Å². The zero-order chi connectivity index (χ0) is 13.2. The standard InChI is InChI=1S/C15H18O3/c1-13(9-10-15(16)17)6-5-11-18-12-14-7-3-2-4-8-14/h2-4,6-10H,5,11-12H2,1H3,(H,16,17). The Balaban J connectivity index is 2.18. The first kappa shape index (κ1) is 14.2. The molecule has 0 radical (unpaired) electrons. The predicted molar refractivity (Wildman–Crippen MR) is 71.2 cm³/mol. The van der Waals surface area contributed by atoms with Crippen LogP contribution in [0.2, 0.25) is 0 Å². The first-order valence-corrected chi connectivity index (χ1v) is 5.88. The van der Waals surface area contributed by atoms with E-state index >= 15 is 0 Å². The minimum Gasteiger partial charge on any atom is -0.478 e. The molecule has 18 heavy (non-hydrogen) atoms. The first-order valence-electron chi connectivity index (χ1n) is 5.88. The highest BCUT2D eigenvalue weighted by molar-refractivity contribution is 5.80. The topological polar surface area (TPSA) is 46.5 Å². The van der Waals surface area contributed by atoms with Crippen molar-refractivity contribution in [2.24, 2.45) is 0 Å². The number of allylic oxidation sites excluding steroid dienone is 2. The number of carboxylic acids is 1. The lowest BCUT2D eigenvalue weighted by Crippen LogP contribution is -1.94. The Labute approximate surface area is 107 Å². The monoisotopic (exact) mass is 246 g/mol. The summed E-state index contributed by atoms with van der Waals surface area (Å²) in [5, 5.41) is 8.46. The summed E-state index contributed by atoms with van der Waals surface area (Å²) in [7, 11) is 0. The Morgan fingerprint density at radius 1 is 1.28 bits per heavy atom. The lowest BCUT2D eigenvalue weighted by atomic mass is 10.2. The van der Waals surface area contributed by atoms with E-state index in [0.29, 0.717) is 13.2 Å². The molecule has 0 unspecified atom stereocenters. The lowest BCUT2D eigenvalue weighted by molar-refractivity contribution is -0.131. The van der Waals surface area contributed by atoms with Crippen LogP contribution in [0.15, 0.2) is 54.1 Å². The largest absolute Gasteiger partial charge is 0.478 e. The number of hydrogen-bond acceptors (Lipinski definition) is 2. The molecule has 0 bridgehead atoms. The van der Waals surface area contributed by atoms with Crippen LogP contribution >= 0.6 is 0 Å². The summed E-state index contributed by atoms with van der Waals surface area (Å²) in [6.45, 7) is 3.11. The SMILES string of the molecule is CC(C=CC(=O)O)=CCCOCc1ccccc1. The molecule has 3 nitrogen and oxygen atoms in total. The molecule has 0 atom stereocenters. The van der Waals surface area contributed by atoms with Gasteiger partial charge in [0.05, 0.1) is 13.2 Å². The highest BCUT2D eigenvalue weighted by atomic mass is 16.5. The quantitative estimate of drug-likeness (QED) is 0.456. The third-order valence-corrected chi connectivity index (χ3v) is 2.33. The van der Waals surface area contributed by atoms with Gasteiger partial charge in [-0.05, 0) is 18.9 Å². The van der Waals surface area contributed by atoms with Crippen LogP contribution in [-0.4, -0.2) is 17.7 Å². The van der Waals surface area contributed by atoms with Gasteiger partial charge in [0, 0.05) is 6.08 Å². The van der Waals surface area contributed by atoms with Crippen LogP contribution < -0.4 is 0 Å². The molecular formula is C15H18O3. The Bertz CT molecular complexity index is 419. The molecule has 0 saturated carbocycles. The third-order valence-electron chi connectivity index (χ3n) is 2.33. The summed E-state index contributed by atoms with van der Waals surface area (Å²) in [5.74, 6) is -0.928. The van der Waals surface area contributed by atoms with Crippen molar-refractivity contribution < 1.29 is 14.6 Å². The molecule has 0 amide bonds. The molecule has 0 spiro atoms. The van der Waals surface area contributed by atoms with Gasteiger partial charge in [0.1, 0.15) is 0 Å². The number of rotatable bonds is 7. The second-order valence-corrected chi connectivity index (χ2v) is 3.95. The van der Waals surface area contributed by atoms with E-state index in [1.807, 2.05) is 43.3 Å². The summed E-state index contributed by atoms with van der Waals surface area (Å²) in [6.07, 6.45) is 5.46. The maximum atomic E-state index is 10.3. The predicted octanol–water partition coefficient (Wildman–Crippen LogP) is 3.18. The lowest BCUT2D eigenvalue weighted by Gasteiger charge is -2.02. The van der Waals surface area contributed by atoms with Gasteiger partial charge in [-0.3, -0.25) is 0 Å². The molecular weight excluding hydrogens is 228 g/mol. The third kappa shape index (κ3) is 6.66. The van der Waals surface area contributed by atoms with Crippen LogP contribution in [0.1, 0.15) is 18.9 Å². The second kappa shape index (κ2) is 8.25. The van der Waals surface area contributed by atoms with Crippen LogP contribution in [0, 0.1) is 0 Å². The summed E-state index contributed by atoms with van der Waals surface area (Å²) < 4.78 is 5.51. The number of carboxylic acid groups (broad SMARTS) is 1. The van der Waals surface area contributed by atoms with Crippen LogP contribution in [0.3, 0.4) is 0 Å².